The third kappa shape index (κ3) is 4.74. The summed E-state index contributed by atoms with van der Waals surface area (Å²) in [5.74, 6) is 0. The Hall–Kier alpha value is -7.49. The topological polar surface area (TPSA) is 22.8 Å². The van der Waals surface area contributed by atoms with Crippen molar-refractivity contribution in [3.05, 3.63) is 200 Å². The average Bonchev–Trinajstić information content (AvgIpc) is 3.78. The first-order valence-electron chi connectivity index (χ1n) is 19.2. The minimum Gasteiger partial charge on any atom is -0.309 e. The van der Waals surface area contributed by atoms with Crippen LogP contribution in [0.4, 0.5) is 0 Å². The summed E-state index contributed by atoms with van der Waals surface area (Å²) in [6, 6.07) is 71.1. The standard InChI is InChI=1S/C53H33N3/c1-3-16-43(17-4-1)55-50-23-20-39-29-45(50)46-30-40(21-24-51(46)55)41-22-25-52-47(31-41)48-32-49(54-33-53(48)56(52)44-18-5-2-6-19-44)42-15-9-14-38(28-42)36-12-7-10-34(26-36)35-11-8-13-37(39)27-35/h1-33H. The summed E-state index contributed by atoms with van der Waals surface area (Å²) in [5.41, 5.74) is 7.86. The molecule has 0 saturated heterocycles. The zero-order valence-corrected chi connectivity index (χ0v) is 30.4. The van der Waals surface area contributed by atoms with Crippen molar-refractivity contribution in [1.29, 1.82) is 0 Å². The summed E-state index contributed by atoms with van der Waals surface area (Å²) < 4.78 is 4.75. The van der Waals surface area contributed by atoms with E-state index in [1.807, 2.05) is 0 Å². The van der Waals surface area contributed by atoms with Gasteiger partial charge in [0.2, 0.25) is 0 Å². The molecule has 0 unspecified atom stereocenters. The Kier molecular flexibility index (Phi) is 6.63. The van der Waals surface area contributed by atoms with Crippen LogP contribution >= 0.6 is 0 Å². The Labute approximate surface area is 322 Å². The fourth-order valence-electron chi connectivity index (χ4n) is 8.96. The lowest BCUT2D eigenvalue weighted by molar-refractivity contribution is 1.17. The van der Waals surface area contributed by atoms with Gasteiger partial charge < -0.3 is 9.13 Å². The van der Waals surface area contributed by atoms with Gasteiger partial charge >= 0.3 is 0 Å². The first-order valence-corrected chi connectivity index (χ1v) is 19.2. The minimum atomic E-state index is 0.956. The SMILES string of the molecule is c1ccc(-n2c3ccc4cc3c3cc(ccc32)c2ccc3c(c2)c2cc(ncc2n3-c2ccccc2)c2cccc(c2)c2cccc(c2)c2cccc4c2)cc1. The number of rotatable bonds is 2. The second kappa shape index (κ2) is 12.0. The molecule has 0 aliphatic carbocycles. The van der Waals surface area contributed by atoms with E-state index in [0.717, 1.165) is 33.3 Å². The maximum absolute atomic E-state index is 5.11. The normalized spacial score (nSPS) is 11.9. The second-order valence-electron chi connectivity index (χ2n) is 14.9. The van der Waals surface area contributed by atoms with Crippen LogP contribution in [0, 0.1) is 0 Å². The van der Waals surface area contributed by atoms with Crippen molar-refractivity contribution in [2.24, 2.45) is 0 Å². The third-order valence-corrected chi connectivity index (χ3v) is 11.7. The molecular formula is C53H33N3. The number of hydrogen-bond donors (Lipinski definition) is 0. The predicted octanol–water partition coefficient (Wildman–Crippen LogP) is 14.2. The summed E-state index contributed by atoms with van der Waals surface area (Å²) in [6.07, 6.45) is 2.05. The highest BCUT2D eigenvalue weighted by Gasteiger charge is 2.16. The molecule has 0 atom stereocenters. The van der Waals surface area contributed by atoms with E-state index in [1.54, 1.807) is 0 Å². The quantitative estimate of drug-likeness (QED) is 0.175. The largest absolute Gasteiger partial charge is 0.309 e. The van der Waals surface area contributed by atoms with Gasteiger partial charge in [-0.2, -0.15) is 0 Å². The van der Waals surface area contributed by atoms with Crippen molar-refractivity contribution in [2.75, 3.05) is 0 Å². The molecule has 12 rings (SSSR count). The predicted molar refractivity (Wildman–Crippen MR) is 238 cm³/mol. The van der Waals surface area contributed by atoms with E-state index in [9.17, 15) is 0 Å². The van der Waals surface area contributed by atoms with Crippen LogP contribution < -0.4 is 0 Å². The molecule has 9 aromatic carbocycles. The number of hydrogen-bond acceptors (Lipinski definition) is 1. The van der Waals surface area contributed by atoms with Gasteiger partial charge in [-0.3, -0.25) is 4.98 Å². The van der Waals surface area contributed by atoms with Crippen molar-refractivity contribution >= 4 is 97.6 Å². The number of para-hydroxylation sites is 2. The highest BCUT2D eigenvalue weighted by Crippen LogP contribution is 2.38. The molecule has 0 radical (unpaired) electrons. The Bertz CT molecular complexity index is 3390. The lowest BCUT2D eigenvalue weighted by Gasteiger charge is -2.08. The van der Waals surface area contributed by atoms with Gasteiger partial charge in [-0.15, -0.1) is 0 Å². The monoisotopic (exact) mass is 711 g/mol. The van der Waals surface area contributed by atoms with E-state index < -0.39 is 0 Å². The van der Waals surface area contributed by atoms with Crippen molar-refractivity contribution in [3.8, 4) is 11.4 Å². The van der Waals surface area contributed by atoms with Gasteiger partial charge in [0.15, 0.2) is 0 Å². The van der Waals surface area contributed by atoms with Crippen LogP contribution in [0.15, 0.2) is 200 Å². The van der Waals surface area contributed by atoms with Gasteiger partial charge in [0.25, 0.3) is 0 Å². The Morgan fingerprint density at radius 2 is 0.625 bits per heavy atom. The van der Waals surface area contributed by atoms with Crippen molar-refractivity contribution in [1.82, 2.24) is 14.1 Å². The van der Waals surface area contributed by atoms with E-state index in [2.05, 4.69) is 209 Å². The zero-order chi connectivity index (χ0) is 36.7. The Balaban J connectivity index is 1.27. The van der Waals surface area contributed by atoms with E-state index in [4.69, 9.17) is 4.98 Å². The number of pyridine rings is 1. The molecule has 3 nitrogen and oxygen atoms in total. The summed E-state index contributed by atoms with van der Waals surface area (Å²) in [5, 5.41) is 15.4. The molecule has 3 heterocycles. The van der Waals surface area contributed by atoms with Crippen molar-refractivity contribution in [2.45, 2.75) is 0 Å². The molecule has 0 amide bonds. The summed E-state index contributed by atoms with van der Waals surface area (Å²) in [6.45, 7) is 0. The number of aromatic nitrogens is 3. The molecule has 56 heavy (non-hydrogen) atoms. The van der Waals surface area contributed by atoms with Gasteiger partial charge in [0, 0.05) is 38.3 Å². The van der Waals surface area contributed by atoms with Gasteiger partial charge in [-0.1, -0.05) is 109 Å². The second-order valence-corrected chi connectivity index (χ2v) is 14.9. The first-order chi connectivity index (χ1) is 27.7. The van der Waals surface area contributed by atoms with E-state index in [1.165, 1.54) is 75.7 Å². The Morgan fingerprint density at radius 1 is 0.268 bits per heavy atom. The molecule has 0 saturated carbocycles. The van der Waals surface area contributed by atoms with Crippen LogP contribution in [0.3, 0.4) is 0 Å². The van der Waals surface area contributed by atoms with Crippen molar-refractivity contribution in [3.63, 3.8) is 0 Å². The molecular weight excluding hydrogens is 679 g/mol. The number of nitrogens with zero attached hydrogens (tertiary/aromatic N) is 3. The van der Waals surface area contributed by atoms with Crippen LogP contribution in [0.25, 0.3) is 109 Å². The average molecular weight is 712 g/mol. The van der Waals surface area contributed by atoms with Gasteiger partial charge in [0.05, 0.1) is 33.8 Å². The number of fused-ring (bicyclic) bond motifs is 15. The van der Waals surface area contributed by atoms with Crippen molar-refractivity contribution < 1.29 is 0 Å². The molecule has 3 heteroatoms. The maximum Gasteiger partial charge on any atom is 0.0724 e. The minimum absolute atomic E-state index is 0.956. The van der Waals surface area contributed by atoms with Crippen LogP contribution in [0.5, 0.6) is 0 Å². The first kappa shape index (κ1) is 30.9. The fraction of sp³-hybridized carbons (Fsp3) is 0. The molecule has 0 aliphatic rings. The summed E-state index contributed by atoms with van der Waals surface area (Å²) in [7, 11) is 0. The molecule has 3 aromatic heterocycles. The van der Waals surface area contributed by atoms with E-state index >= 15 is 0 Å². The van der Waals surface area contributed by atoms with E-state index in [0.29, 0.717) is 0 Å². The molecule has 12 aromatic rings. The van der Waals surface area contributed by atoms with Gasteiger partial charge in [-0.25, -0.2) is 0 Å². The van der Waals surface area contributed by atoms with Gasteiger partial charge in [-0.05, 0) is 128 Å². The molecule has 260 valence electrons. The molecule has 0 aliphatic heterocycles. The van der Waals surface area contributed by atoms with Gasteiger partial charge in [0.1, 0.15) is 0 Å². The molecule has 0 N–H and O–H groups in total. The van der Waals surface area contributed by atoms with Crippen LogP contribution in [-0.2, 0) is 0 Å². The smallest absolute Gasteiger partial charge is 0.0724 e. The Morgan fingerprint density at radius 3 is 1.07 bits per heavy atom. The molecule has 0 spiro atoms. The fourth-order valence-corrected chi connectivity index (χ4v) is 8.96. The zero-order valence-electron chi connectivity index (χ0n) is 30.4. The summed E-state index contributed by atoms with van der Waals surface area (Å²) in [4.78, 5) is 5.11. The molecule has 0 fully saturated rings. The highest BCUT2D eigenvalue weighted by atomic mass is 15.0. The van der Waals surface area contributed by atoms with Crippen LogP contribution in [0.1, 0.15) is 0 Å². The number of benzene rings is 8. The van der Waals surface area contributed by atoms with E-state index in [-0.39, 0.29) is 0 Å². The lowest BCUT2D eigenvalue weighted by Crippen LogP contribution is -1.93. The molecule has 14 bridgehead atoms. The highest BCUT2D eigenvalue weighted by molar-refractivity contribution is 6.16. The van der Waals surface area contributed by atoms with Crippen LogP contribution in [-0.4, -0.2) is 14.1 Å². The third-order valence-electron chi connectivity index (χ3n) is 11.7. The maximum atomic E-state index is 5.11. The van der Waals surface area contributed by atoms with Crippen LogP contribution in [0.2, 0.25) is 0 Å². The lowest BCUT2D eigenvalue weighted by atomic mass is 10.0. The summed E-state index contributed by atoms with van der Waals surface area (Å²) >= 11 is 0.